The summed E-state index contributed by atoms with van der Waals surface area (Å²) in [6.45, 7) is 4.13. The van der Waals surface area contributed by atoms with Gasteiger partial charge in [-0.1, -0.05) is 17.7 Å². The monoisotopic (exact) mass is 206 g/mol. The van der Waals surface area contributed by atoms with Crippen LogP contribution < -0.4 is 5.73 Å². The maximum Gasteiger partial charge on any atom is 0.102 e. The van der Waals surface area contributed by atoms with Gasteiger partial charge in [-0.25, -0.2) is 0 Å². The van der Waals surface area contributed by atoms with Crippen molar-refractivity contribution in [3.63, 3.8) is 0 Å². The number of thioether (sulfide) groups is 1. The molecule has 3 heteroatoms. The standard InChI is InChI=1S/C11H14N2S/c1-8-3-4-9(2)11(5-8)14-7-10(13)6-12/h3-5,10H,7,13H2,1-2H3. The lowest BCUT2D eigenvalue weighted by Gasteiger charge is -2.07. The van der Waals surface area contributed by atoms with Gasteiger partial charge in [-0.05, 0) is 25.5 Å². The summed E-state index contributed by atoms with van der Waals surface area (Å²) >= 11 is 1.65. The van der Waals surface area contributed by atoms with Gasteiger partial charge in [0.05, 0.1) is 6.07 Å². The number of rotatable bonds is 3. The molecule has 0 saturated heterocycles. The molecule has 14 heavy (non-hydrogen) atoms. The van der Waals surface area contributed by atoms with Gasteiger partial charge in [0, 0.05) is 10.6 Å². The van der Waals surface area contributed by atoms with Gasteiger partial charge in [-0.15, -0.1) is 11.8 Å². The van der Waals surface area contributed by atoms with Gasteiger partial charge in [0.1, 0.15) is 6.04 Å². The van der Waals surface area contributed by atoms with Crippen molar-refractivity contribution in [2.75, 3.05) is 5.75 Å². The van der Waals surface area contributed by atoms with Crippen molar-refractivity contribution < 1.29 is 0 Å². The third-order valence-electron chi connectivity index (χ3n) is 1.93. The highest BCUT2D eigenvalue weighted by atomic mass is 32.2. The van der Waals surface area contributed by atoms with Crippen molar-refractivity contribution >= 4 is 11.8 Å². The molecule has 0 bridgehead atoms. The fourth-order valence-electron chi connectivity index (χ4n) is 1.08. The molecule has 0 radical (unpaired) electrons. The van der Waals surface area contributed by atoms with Gasteiger partial charge >= 0.3 is 0 Å². The predicted molar refractivity (Wildman–Crippen MR) is 60.2 cm³/mol. The number of hydrogen-bond donors (Lipinski definition) is 1. The second-order valence-electron chi connectivity index (χ2n) is 3.32. The van der Waals surface area contributed by atoms with Crippen LogP contribution in [0.1, 0.15) is 11.1 Å². The van der Waals surface area contributed by atoms with Gasteiger partial charge in [-0.3, -0.25) is 0 Å². The Balaban J connectivity index is 2.67. The van der Waals surface area contributed by atoms with Crippen LogP contribution in [0, 0.1) is 25.2 Å². The molecule has 74 valence electrons. The normalized spacial score (nSPS) is 12.1. The molecular weight excluding hydrogens is 192 g/mol. The third kappa shape index (κ3) is 3.06. The Morgan fingerprint density at radius 1 is 1.50 bits per heavy atom. The molecule has 2 nitrogen and oxygen atoms in total. The minimum Gasteiger partial charge on any atom is -0.315 e. The fourth-order valence-corrected chi connectivity index (χ4v) is 2.08. The Kier molecular flexibility index (Phi) is 3.99. The van der Waals surface area contributed by atoms with E-state index in [0.29, 0.717) is 5.75 Å². The van der Waals surface area contributed by atoms with Crippen molar-refractivity contribution in [1.29, 1.82) is 5.26 Å². The quantitative estimate of drug-likeness (QED) is 0.772. The Hall–Kier alpha value is -0.980. The summed E-state index contributed by atoms with van der Waals surface area (Å²) in [6, 6.07) is 7.96. The molecule has 0 aliphatic heterocycles. The van der Waals surface area contributed by atoms with Crippen molar-refractivity contribution in [2.24, 2.45) is 5.73 Å². The van der Waals surface area contributed by atoms with Crippen LogP contribution >= 0.6 is 11.8 Å². The summed E-state index contributed by atoms with van der Waals surface area (Å²) in [6.07, 6.45) is 0. The molecule has 1 unspecified atom stereocenters. The zero-order valence-corrected chi connectivity index (χ0v) is 9.27. The highest BCUT2D eigenvalue weighted by molar-refractivity contribution is 7.99. The molecule has 0 amide bonds. The SMILES string of the molecule is Cc1ccc(C)c(SCC(N)C#N)c1. The first-order valence-corrected chi connectivity index (χ1v) is 5.47. The van der Waals surface area contributed by atoms with Crippen molar-refractivity contribution in [2.45, 2.75) is 24.8 Å². The van der Waals surface area contributed by atoms with E-state index in [-0.39, 0.29) is 6.04 Å². The minimum absolute atomic E-state index is 0.375. The van der Waals surface area contributed by atoms with Crippen LogP contribution in [0.4, 0.5) is 0 Å². The largest absolute Gasteiger partial charge is 0.315 e. The Labute approximate surface area is 89.1 Å². The zero-order chi connectivity index (χ0) is 10.6. The van der Waals surface area contributed by atoms with E-state index in [1.54, 1.807) is 11.8 Å². The number of hydrogen-bond acceptors (Lipinski definition) is 3. The second-order valence-corrected chi connectivity index (χ2v) is 4.38. The molecule has 1 aromatic rings. The van der Waals surface area contributed by atoms with Crippen LogP contribution in [-0.4, -0.2) is 11.8 Å². The maximum atomic E-state index is 8.55. The van der Waals surface area contributed by atoms with E-state index < -0.39 is 0 Å². The molecule has 2 N–H and O–H groups in total. The third-order valence-corrected chi connectivity index (χ3v) is 3.20. The highest BCUT2D eigenvalue weighted by Crippen LogP contribution is 2.23. The summed E-state index contributed by atoms with van der Waals surface area (Å²) in [7, 11) is 0. The van der Waals surface area contributed by atoms with Crippen LogP contribution in [0.5, 0.6) is 0 Å². The number of benzene rings is 1. The summed E-state index contributed by atoms with van der Waals surface area (Å²) in [5, 5.41) is 8.55. The Morgan fingerprint density at radius 2 is 2.21 bits per heavy atom. The predicted octanol–water partition coefficient (Wildman–Crippen LogP) is 2.25. The molecule has 1 rings (SSSR count). The first-order chi connectivity index (χ1) is 6.63. The van der Waals surface area contributed by atoms with E-state index in [2.05, 4.69) is 32.0 Å². The average molecular weight is 206 g/mol. The van der Waals surface area contributed by atoms with E-state index in [0.717, 1.165) is 0 Å². The molecule has 0 spiro atoms. The van der Waals surface area contributed by atoms with Gasteiger partial charge in [-0.2, -0.15) is 5.26 Å². The number of nitriles is 1. The van der Waals surface area contributed by atoms with E-state index in [1.807, 2.05) is 6.07 Å². The van der Waals surface area contributed by atoms with Gasteiger partial charge in [0.15, 0.2) is 0 Å². The fraction of sp³-hybridized carbons (Fsp3) is 0.364. The molecule has 1 aromatic carbocycles. The van der Waals surface area contributed by atoms with Gasteiger partial charge in [0.2, 0.25) is 0 Å². The summed E-state index contributed by atoms with van der Waals surface area (Å²) in [4.78, 5) is 1.22. The van der Waals surface area contributed by atoms with E-state index in [9.17, 15) is 0 Å². The van der Waals surface area contributed by atoms with E-state index >= 15 is 0 Å². The van der Waals surface area contributed by atoms with Crippen LogP contribution in [0.25, 0.3) is 0 Å². The molecule has 1 atom stereocenters. The van der Waals surface area contributed by atoms with Crippen LogP contribution in [-0.2, 0) is 0 Å². The summed E-state index contributed by atoms with van der Waals surface area (Å²) in [5.41, 5.74) is 8.01. The lowest BCUT2D eigenvalue weighted by atomic mass is 10.2. The second kappa shape index (κ2) is 5.04. The molecule has 0 heterocycles. The van der Waals surface area contributed by atoms with Gasteiger partial charge < -0.3 is 5.73 Å². The lowest BCUT2D eigenvalue weighted by molar-refractivity contribution is 0.953. The molecule has 0 saturated carbocycles. The minimum atomic E-state index is -0.375. The van der Waals surface area contributed by atoms with E-state index in [1.165, 1.54) is 16.0 Å². The molecule has 0 aliphatic rings. The van der Waals surface area contributed by atoms with Crippen molar-refractivity contribution in [3.8, 4) is 6.07 Å². The zero-order valence-electron chi connectivity index (χ0n) is 8.45. The Bertz CT molecular complexity index is 355. The van der Waals surface area contributed by atoms with E-state index in [4.69, 9.17) is 11.0 Å². The van der Waals surface area contributed by atoms with Crippen molar-refractivity contribution in [3.05, 3.63) is 29.3 Å². The smallest absolute Gasteiger partial charge is 0.102 e. The highest BCUT2D eigenvalue weighted by Gasteiger charge is 2.03. The number of nitrogens with two attached hydrogens (primary N) is 1. The summed E-state index contributed by atoms with van der Waals surface area (Å²) < 4.78 is 0. The molecule has 0 aliphatic carbocycles. The molecular formula is C11H14N2S. The number of nitrogens with zero attached hydrogens (tertiary/aromatic N) is 1. The average Bonchev–Trinajstić information content (AvgIpc) is 2.19. The lowest BCUT2D eigenvalue weighted by Crippen LogP contribution is -2.19. The molecule has 0 fully saturated rings. The van der Waals surface area contributed by atoms with Crippen LogP contribution in [0.2, 0.25) is 0 Å². The first kappa shape index (κ1) is 11.1. The Morgan fingerprint density at radius 3 is 2.86 bits per heavy atom. The molecule has 0 aromatic heterocycles. The first-order valence-electron chi connectivity index (χ1n) is 4.48. The van der Waals surface area contributed by atoms with Crippen molar-refractivity contribution in [1.82, 2.24) is 0 Å². The maximum absolute atomic E-state index is 8.55. The van der Waals surface area contributed by atoms with Gasteiger partial charge in [0.25, 0.3) is 0 Å². The summed E-state index contributed by atoms with van der Waals surface area (Å²) in [5.74, 6) is 0.654. The van der Waals surface area contributed by atoms with Crippen LogP contribution in [0.3, 0.4) is 0 Å². The topological polar surface area (TPSA) is 49.8 Å². The van der Waals surface area contributed by atoms with Crippen LogP contribution in [0.15, 0.2) is 23.1 Å². The number of aryl methyl sites for hydroxylation is 2.